The van der Waals surface area contributed by atoms with Crippen molar-refractivity contribution in [3.63, 3.8) is 0 Å². The SMILES string of the molecule is O=C(c1ccc(CNc2cncc(C(=O)N3CCCC3)n2)cc1)N1CCCCC1. The predicted molar refractivity (Wildman–Crippen MR) is 111 cm³/mol. The van der Waals surface area contributed by atoms with Crippen LogP contribution in [0.25, 0.3) is 0 Å². The van der Waals surface area contributed by atoms with Gasteiger partial charge in [0.25, 0.3) is 11.8 Å². The van der Waals surface area contributed by atoms with Crippen LogP contribution in [0.1, 0.15) is 58.5 Å². The van der Waals surface area contributed by atoms with Crippen molar-refractivity contribution in [1.82, 2.24) is 19.8 Å². The van der Waals surface area contributed by atoms with Crippen LogP contribution in [0.15, 0.2) is 36.7 Å². The third kappa shape index (κ3) is 4.72. The highest BCUT2D eigenvalue weighted by atomic mass is 16.2. The normalized spacial score (nSPS) is 16.7. The Bertz CT molecular complexity index is 856. The monoisotopic (exact) mass is 393 g/mol. The highest BCUT2D eigenvalue weighted by molar-refractivity contribution is 5.94. The molecule has 0 aliphatic carbocycles. The molecule has 1 aromatic carbocycles. The largest absolute Gasteiger partial charge is 0.365 e. The number of rotatable bonds is 5. The number of likely N-dealkylation sites (tertiary alicyclic amines) is 2. The molecule has 2 saturated heterocycles. The van der Waals surface area contributed by atoms with E-state index in [1.165, 1.54) is 12.6 Å². The maximum absolute atomic E-state index is 12.6. The summed E-state index contributed by atoms with van der Waals surface area (Å²) in [5.41, 5.74) is 2.14. The van der Waals surface area contributed by atoms with E-state index in [0.717, 1.165) is 63.0 Å². The summed E-state index contributed by atoms with van der Waals surface area (Å²) in [5, 5.41) is 3.22. The van der Waals surface area contributed by atoms with E-state index in [0.29, 0.717) is 18.1 Å². The van der Waals surface area contributed by atoms with Crippen LogP contribution in [0.3, 0.4) is 0 Å². The first-order valence-corrected chi connectivity index (χ1v) is 10.4. The Morgan fingerprint density at radius 1 is 0.828 bits per heavy atom. The van der Waals surface area contributed by atoms with Crippen LogP contribution in [-0.4, -0.2) is 57.8 Å². The van der Waals surface area contributed by atoms with E-state index < -0.39 is 0 Å². The van der Waals surface area contributed by atoms with Crippen LogP contribution >= 0.6 is 0 Å². The fourth-order valence-electron chi connectivity index (χ4n) is 3.87. The lowest BCUT2D eigenvalue weighted by Crippen LogP contribution is -2.35. The Morgan fingerprint density at radius 3 is 2.14 bits per heavy atom. The van der Waals surface area contributed by atoms with Crippen LogP contribution in [0.4, 0.5) is 5.82 Å². The lowest BCUT2D eigenvalue weighted by Gasteiger charge is -2.26. The molecule has 152 valence electrons. The molecule has 7 heteroatoms. The number of benzene rings is 1. The van der Waals surface area contributed by atoms with Gasteiger partial charge in [0.1, 0.15) is 11.5 Å². The van der Waals surface area contributed by atoms with Crippen molar-refractivity contribution in [1.29, 1.82) is 0 Å². The molecule has 2 amide bonds. The van der Waals surface area contributed by atoms with Gasteiger partial charge in [-0.25, -0.2) is 4.98 Å². The summed E-state index contributed by atoms with van der Waals surface area (Å²) in [6.07, 6.45) is 8.63. The van der Waals surface area contributed by atoms with Gasteiger partial charge in [0.05, 0.1) is 12.4 Å². The van der Waals surface area contributed by atoms with Crippen molar-refractivity contribution in [3.8, 4) is 0 Å². The maximum atomic E-state index is 12.6. The van der Waals surface area contributed by atoms with Crippen LogP contribution in [-0.2, 0) is 6.54 Å². The number of amides is 2. The van der Waals surface area contributed by atoms with Gasteiger partial charge in [0.2, 0.25) is 0 Å². The number of nitrogens with one attached hydrogen (secondary N) is 1. The van der Waals surface area contributed by atoms with Gasteiger partial charge < -0.3 is 15.1 Å². The maximum Gasteiger partial charge on any atom is 0.274 e. The summed E-state index contributed by atoms with van der Waals surface area (Å²) in [7, 11) is 0. The van der Waals surface area contributed by atoms with E-state index in [9.17, 15) is 9.59 Å². The Kier molecular flexibility index (Phi) is 6.03. The summed E-state index contributed by atoms with van der Waals surface area (Å²) < 4.78 is 0. The molecule has 0 atom stereocenters. The van der Waals surface area contributed by atoms with E-state index in [2.05, 4.69) is 15.3 Å². The second-order valence-corrected chi connectivity index (χ2v) is 7.69. The summed E-state index contributed by atoms with van der Waals surface area (Å²) in [6.45, 7) is 3.84. The van der Waals surface area contributed by atoms with Crippen molar-refractivity contribution in [3.05, 3.63) is 53.5 Å². The van der Waals surface area contributed by atoms with Gasteiger partial charge in [-0.3, -0.25) is 14.6 Å². The summed E-state index contributed by atoms with van der Waals surface area (Å²) in [5.74, 6) is 0.631. The second-order valence-electron chi connectivity index (χ2n) is 7.69. The minimum absolute atomic E-state index is 0.0563. The number of anilines is 1. The van der Waals surface area contributed by atoms with Crippen molar-refractivity contribution in [2.75, 3.05) is 31.5 Å². The zero-order valence-corrected chi connectivity index (χ0v) is 16.6. The quantitative estimate of drug-likeness (QED) is 0.845. The second kappa shape index (κ2) is 9.03. The third-order valence-electron chi connectivity index (χ3n) is 5.56. The fourth-order valence-corrected chi connectivity index (χ4v) is 3.87. The molecule has 0 radical (unpaired) electrons. The smallest absolute Gasteiger partial charge is 0.274 e. The standard InChI is InChI=1S/C22H27N5O2/c28-21(26-10-2-1-3-11-26)18-8-6-17(7-9-18)14-24-20-16-23-15-19(25-20)22(29)27-12-4-5-13-27/h6-9,15-16H,1-5,10-14H2,(H,24,25). The molecule has 29 heavy (non-hydrogen) atoms. The number of hydrogen-bond donors (Lipinski definition) is 1. The number of carbonyl (C=O) groups excluding carboxylic acids is 2. The van der Waals surface area contributed by atoms with Crippen molar-refractivity contribution < 1.29 is 9.59 Å². The number of aromatic nitrogens is 2. The third-order valence-corrected chi connectivity index (χ3v) is 5.56. The van der Waals surface area contributed by atoms with Crippen LogP contribution in [0.2, 0.25) is 0 Å². The Labute approximate surface area is 171 Å². The molecule has 2 aliphatic heterocycles. The van der Waals surface area contributed by atoms with Crippen LogP contribution in [0, 0.1) is 0 Å². The fraction of sp³-hybridized carbons (Fsp3) is 0.455. The molecule has 2 fully saturated rings. The van der Waals surface area contributed by atoms with Crippen molar-refractivity contribution in [2.24, 2.45) is 0 Å². The lowest BCUT2D eigenvalue weighted by molar-refractivity contribution is 0.0723. The van der Waals surface area contributed by atoms with E-state index in [1.807, 2.05) is 34.1 Å². The molecule has 1 aromatic heterocycles. The first kappa shape index (κ1) is 19.4. The Hall–Kier alpha value is -2.96. The van der Waals surface area contributed by atoms with Gasteiger partial charge in [0.15, 0.2) is 0 Å². The average Bonchev–Trinajstić information content (AvgIpc) is 3.33. The molecule has 1 N–H and O–H groups in total. The number of nitrogens with zero attached hydrogens (tertiary/aromatic N) is 4. The minimum Gasteiger partial charge on any atom is -0.365 e. The van der Waals surface area contributed by atoms with Gasteiger partial charge in [-0.2, -0.15) is 0 Å². The van der Waals surface area contributed by atoms with Crippen LogP contribution < -0.4 is 5.32 Å². The molecule has 2 aliphatic rings. The van der Waals surface area contributed by atoms with Gasteiger partial charge in [0, 0.05) is 38.3 Å². The molecule has 0 unspecified atom stereocenters. The zero-order chi connectivity index (χ0) is 20.1. The Morgan fingerprint density at radius 2 is 1.45 bits per heavy atom. The molecule has 0 spiro atoms. The lowest BCUT2D eigenvalue weighted by atomic mass is 10.1. The van der Waals surface area contributed by atoms with E-state index in [-0.39, 0.29) is 11.8 Å². The van der Waals surface area contributed by atoms with Gasteiger partial charge in [-0.1, -0.05) is 12.1 Å². The molecule has 3 heterocycles. The van der Waals surface area contributed by atoms with Gasteiger partial charge in [-0.05, 0) is 49.8 Å². The zero-order valence-electron chi connectivity index (χ0n) is 16.6. The summed E-state index contributed by atoms with van der Waals surface area (Å²) in [4.78, 5) is 37.4. The van der Waals surface area contributed by atoms with E-state index in [1.54, 1.807) is 6.20 Å². The molecule has 7 nitrogen and oxygen atoms in total. The van der Waals surface area contributed by atoms with E-state index in [4.69, 9.17) is 0 Å². The molecule has 2 aromatic rings. The summed E-state index contributed by atoms with van der Waals surface area (Å²) in [6, 6.07) is 7.67. The number of carbonyl (C=O) groups is 2. The number of hydrogen-bond acceptors (Lipinski definition) is 5. The predicted octanol–water partition coefficient (Wildman–Crippen LogP) is 2.95. The minimum atomic E-state index is -0.0563. The Balaban J connectivity index is 1.35. The topological polar surface area (TPSA) is 78.4 Å². The molecular weight excluding hydrogens is 366 g/mol. The molecule has 0 bridgehead atoms. The molecule has 4 rings (SSSR count). The summed E-state index contributed by atoms with van der Waals surface area (Å²) >= 11 is 0. The van der Waals surface area contributed by atoms with Crippen molar-refractivity contribution in [2.45, 2.75) is 38.6 Å². The van der Waals surface area contributed by atoms with Crippen LogP contribution in [0.5, 0.6) is 0 Å². The highest BCUT2D eigenvalue weighted by Gasteiger charge is 2.21. The number of piperidine rings is 1. The van der Waals surface area contributed by atoms with Gasteiger partial charge in [-0.15, -0.1) is 0 Å². The molecular formula is C22H27N5O2. The first-order valence-electron chi connectivity index (χ1n) is 10.4. The van der Waals surface area contributed by atoms with Crippen molar-refractivity contribution >= 4 is 17.6 Å². The average molecular weight is 393 g/mol. The molecule has 0 saturated carbocycles. The van der Waals surface area contributed by atoms with Gasteiger partial charge >= 0.3 is 0 Å². The first-order chi connectivity index (χ1) is 14.2. The highest BCUT2D eigenvalue weighted by Crippen LogP contribution is 2.15. The van der Waals surface area contributed by atoms with E-state index >= 15 is 0 Å².